The molecule has 2 nitrogen and oxygen atoms in total. The van der Waals surface area contributed by atoms with Crippen molar-refractivity contribution in [2.45, 2.75) is 4.90 Å². The van der Waals surface area contributed by atoms with Crippen LogP contribution < -0.4 is 5.32 Å². The van der Waals surface area contributed by atoms with Crippen LogP contribution in [0.25, 0.3) is 0 Å². The highest BCUT2D eigenvalue weighted by molar-refractivity contribution is 7.99. The van der Waals surface area contributed by atoms with Gasteiger partial charge in [0.1, 0.15) is 0 Å². The normalized spacial score (nSPS) is 10.3. The first-order valence-electron chi connectivity index (χ1n) is 6.08. The highest BCUT2D eigenvalue weighted by atomic mass is 32.2. The fraction of sp³-hybridized carbons (Fsp3) is 0.133. The zero-order chi connectivity index (χ0) is 14.4. The van der Waals surface area contributed by atoms with Gasteiger partial charge in [-0.2, -0.15) is 0 Å². The first kappa shape index (κ1) is 14.5. The van der Waals surface area contributed by atoms with E-state index in [1.54, 1.807) is 11.8 Å². The Morgan fingerprint density at radius 1 is 1.05 bits per heavy atom. The summed E-state index contributed by atoms with van der Waals surface area (Å²) in [5.74, 6) is -2.07. The van der Waals surface area contributed by atoms with Crippen LogP contribution in [-0.2, 0) is 0 Å². The van der Waals surface area contributed by atoms with Crippen LogP contribution in [0.4, 0.5) is 8.78 Å². The van der Waals surface area contributed by atoms with E-state index < -0.39 is 17.5 Å². The second-order valence-electron chi connectivity index (χ2n) is 4.02. The van der Waals surface area contributed by atoms with E-state index in [-0.39, 0.29) is 5.56 Å². The molecule has 0 heterocycles. The van der Waals surface area contributed by atoms with E-state index >= 15 is 0 Å². The fourth-order valence-electron chi connectivity index (χ4n) is 1.62. The van der Waals surface area contributed by atoms with Crippen molar-refractivity contribution in [3.8, 4) is 0 Å². The maximum absolute atomic E-state index is 13.4. The van der Waals surface area contributed by atoms with Gasteiger partial charge in [-0.1, -0.05) is 24.3 Å². The Morgan fingerprint density at radius 2 is 1.80 bits per heavy atom. The lowest BCUT2D eigenvalue weighted by Gasteiger charge is -2.06. The van der Waals surface area contributed by atoms with Crippen LogP contribution in [0.15, 0.2) is 53.4 Å². The van der Waals surface area contributed by atoms with Crippen LogP contribution in [-0.4, -0.2) is 18.2 Å². The van der Waals surface area contributed by atoms with Gasteiger partial charge >= 0.3 is 0 Å². The third kappa shape index (κ3) is 3.81. The number of carbonyl (C=O) groups excluding carboxylic acids is 1. The van der Waals surface area contributed by atoms with Crippen LogP contribution in [0.1, 0.15) is 10.4 Å². The van der Waals surface area contributed by atoms with Gasteiger partial charge in [-0.05, 0) is 24.3 Å². The third-order valence-corrected chi connectivity index (χ3v) is 3.61. The van der Waals surface area contributed by atoms with Crippen molar-refractivity contribution in [3.63, 3.8) is 0 Å². The summed E-state index contributed by atoms with van der Waals surface area (Å²) in [6.45, 7) is 0.383. The molecule has 0 aliphatic carbocycles. The smallest absolute Gasteiger partial charge is 0.254 e. The monoisotopic (exact) mass is 293 g/mol. The van der Waals surface area contributed by atoms with Crippen molar-refractivity contribution >= 4 is 17.7 Å². The maximum atomic E-state index is 13.4. The van der Waals surface area contributed by atoms with E-state index in [1.807, 2.05) is 30.3 Å². The standard InChI is InChI=1S/C15H13F2NOS/c16-13-8-4-7-12(14(13)17)15(19)18-9-10-20-11-5-2-1-3-6-11/h1-8H,9-10H2,(H,18,19). The van der Waals surface area contributed by atoms with Crippen molar-refractivity contribution in [2.75, 3.05) is 12.3 Å². The molecular formula is C15H13F2NOS. The molecule has 2 aromatic rings. The quantitative estimate of drug-likeness (QED) is 0.675. The summed E-state index contributed by atoms with van der Waals surface area (Å²) < 4.78 is 26.4. The van der Waals surface area contributed by atoms with Crippen molar-refractivity contribution < 1.29 is 13.6 Å². The molecule has 2 aromatic carbocycles. The Hall–Kier alpha value is -1.88. The van der Waals surface area contributed by atoms with Gasteiger partial charge in [0.2, 0.25) is 0 Å². The molecule has 20 heavy (non-hydrogen) atoms. The number of benzene rings is 2. The molecule has 0 aromatic heterocycles. The van der Waals surface area contributed by atoms with E-state index in [9.17, 15) is 13.6 Å². The van der Waals surface area contributed by atoms with Gasteiger partial charge in [-0.25, -0.2) is 8.78 Å². The van der Waals surface area contributed by atoms with Crippen LogP contribution >= 0.6 is 11.8 Å². The lowest BCUT2D eigenvalue weighted by Crippen LogP contribution is -2.26. The molecule has 0 bridgehead atoms. The molecule has 0 spiro atoms. The Kier molecular flexibility index (Phi) is 5.12. The minimum atomic E-state index is -1.11. The Balaban J connectivity index is 1.82. The first-order valence-corrected chi connectivity index (χ1v) is 7.07. The van der Waals surface area contributed by atoms with Gasteiger partial charge in [0.25, 0.3) is 5.91 Å². The summed E-state index contributed by atoms with van der Waals surface area (Å²) in [5, 5.41) is 2.57. The Labute approximate surface area is 120 Å². The maximum Gasteiger partial charge on any atom is 0.254 e. The molecule has 1 amide bonds. The predicted molar refractivity (Wildman–Crippen MR) is 75.9 cm³/mol. The molecule has 0 radical (unpaired) electrons. The summed E-state index contributed by atoms with van der Waals surface area (Å²) in [6.07, 6.45) is 0. The summed E-state index contributed by atoms with van der Waals surface area (Å²) in [7, 11) is 0. The van der Waals surface area contributed by atoms with E-state index in [4.69, 9.17) is 0 Å². The molecule has 0 aliphatic rings. The largest absolute Gasteiger partial charge is 0.351 e. The molecule has 104 valence electrons. The molecule has 0 fully saturated rings. The Bertz CT molecular complexity index is 590. The van der Waals surface area contributed by atoms with Crippen molar-refractivity contribution in [1.29, 1.82) is 0 Å². The second-order valence-corrected chi connectivity index (χ2v) is 5.19. The third-order valence-electron chi connectivity index (χ3n) is 2.60. The molecule has 0 aliphatic heterocycles. The molecular weight excluding hydrogens is 280 g/mol. The number of hydrogen-bond acceptors (Lipinski definition) is 2. The van der Waals surface area contributed by atoms with Crippen molar-refractivity contribution in [3.05, 3.63) is 65.7 Å². The fourth-order valence-corrected chi connectivity index (χ4v) is 2.41. The minimum absolute atomic E-state index is 0.269. The molecule has 0 unspecified atom stereocenters. The van der Waals surface area contributed by atoms with Crippen LogP contribution in [0.3, 0.4) is 0 Å². The summed E-state index contributed by atoms with van der Waals surface area (Å²) >= 11 is 1.58. The van der Waals surface area contributed by atoms with E-state index in [2.05, 4.69) is 5.32 Å². The Morgan fingerprint density at radius 3 is 2.55 bits per heavy atom. The SMILES string of the molecule is O=C(NCCSc1ccccc1)c1cccc(F)c1F. The highest BCUT2D eigenvalue weighted by Crippen LogP contribution is 2.16. The van der Waals surface area contributed by atoms with E-state index in [0.717, 1.165) is 11.0 Å². The summed E-state index contributed by atoms with van der Waals surface area (Å²) in [6, 6.07) is 13.3. The van der Waals surface area contributed by atoms with Crippen LogP contribution in [0.5, 0.6) is 0 Å². The lowest BCUT2D eigenvalue weighted by molar-refractivity contribution is 0.0951. The number of hydrogen-bond donors (Lipinski definition) is 1. The molecule has 1 N–H and O–H groups in total. The van der Waals surface area contributed by atoms with Gasteiger partial charge in [-0.3, -0.25) is 4.79 Å². The number of carbonyl (C=O) groups is 1. The first-order chi connectivity index (χ1) is 9.68. The molecule has 0 saturated heterocycles. The van der Waals surface area contributed by atoms with Gasteiger partial charge in [0.15, 0.2) is 11.6 Å². The zero-order valence-electron chi connectivity index (χ0n) is 10.6. The number of thioether (sulfide) groups is 1. The van der Waals surface area contributed by atoms with Gasteiger partial charge in [-0.15, -0.1) is 11.8 Å². The van der Waals surface area contributed by atoms with E-state index in [0.29, 0.717) is 12.3 Å². The average Bonchev–Trinajstić information content (AvgIpc) is 2.47. The van der Waals surface area contributed by atoms with Crippen molar-refractivity contribution in [2.24, 2.45) is 0 Å². The van der Waals surface area contributed by atoms with E-state index in [1.165, 1.54) is 12.1 Å². The molecule has 5 heteroatoms. The van der Waals surface area contributed by atoms with Gasteiger partial charge < -0.3 is 5.32 Å². The summed E-state index contributed by atoms with van der Waals surface area (Å²) in [4.78, 5) is 12.8. The lowest BCUT2D eigenvalue weighted by atomic mass is 10.2. The van der Waals surface area contributed by atoms with Crippen LogP contribution in [0, 0.1) is 11.6 Å². The van der Waals surface area contributed by atoms with Gasteiger partial charge in [0, 0.05) is 17.2 Å². The number of amides is 1. The van der Waals surface area contributed by atoms with Gasteiger partial charge in [0.05, 0.1) is 5.56 Å². The number of nitrogens with one attached hydrogen (secondary N) is 1. The average molecular weight is 293 g/mol. The van der Waals surface area contributed by atoms with Crippen molar-refractivity contribution in [1.82, 2.24) is 5.32 Å². The minimum Gasteiger partial charge on any atom is -0.351 e. The summed E-state index contributed by atoms with van der Waals surface area (Å²) in [5.41, 5.74) is -0.269. The predicted octanol–water partition coefficient (Wildman–Crippen LogP) is 3.49. The molecule has 0 saturated carbocycles. The van der Waals surface area contributed by atoms with Crippen LogP contribution in [0.2, 0.25) is 0 Å². The molecule has 2 rings (SSSR count). The zero-order valence-corrected chi connectivity index (χ0v) is 11.4. The molecule has 0 atom stereocenters. The number of halogens is 2. The highest BCUT2D eigenvalue weighted by Gasteiger charge is 2.14. The topological polar surface area (TPSA) is 29.1 Å². The second kappa shape index (κ2) is 7.05. The number of rotatable bonds is 5.